The number of benzene rings is 3. The van der Waals surface area contributed by atoms with Gasteiger partial charge in [0.2, 0.25) is 6.79 Å². The standard InChI is InChI=1S/C23H18N2O3.C12H10N4/c26-18(10-15-8-9-22-23(11-15)28-14-27-22)13-17-5-3-7-20(24-17)21-12-16-4-1-2-6-19(16)25-21;13-11-7-3-6-10(14-11)12-15-8-4-1-2-5-9(8)16-12/h1-9,11H,10,12-14H2;1-7H,(H2,13,14)(H,15,16). The number of nitrogens with zero attached hydrogens (tertiary/aromatic N) is 4. The maximum Gasteiger partial charge on any atom is 0.231 e. The molecular formula is C35H28N6O3. The van der Waals surface area contributed by atoms with Crippen LogP contribution in [0.5, 0.6) is 11.5 Å². The summed E-state index contributed by atoms with van der Waals surface area (Å²) in [6.45, 7) is 0.233. The van der Waals surface area contributed by atoms with E-state index in [1.807, 2.05) is 91.0 Å². The van der Waals surface area contributed by atoms with Crippen molar-refractivity contribution >= 4 is 34.0 Å². The molecule has 5 heterocycles. The van der Waals surface area contributed by atoms with Gasteiger partial charge in [-0.1, -0.05) is 48.5 Å². The molecule has 0 aliphatic carbocycles. The van der Waals surface area contributed by atoms with E-state index in [1.165, 1.54) is 5.56 Å². The van der Waals surface area contributed by atoms with Crippen molar-refractivity contribution < 1.29 is 14.3 Å². The number of pyridine rings is 2. The number of nitrogen functional groups attached to an aromatic ring is 1. The summed E-state index contributed by atoms with van der Waals surface area (Å²) >= 11 is 0. The Balaban J connectivity index is 0.000000165. The molecule has 0 spiro atoms. The fraction of sp³-hybridized carbons (Fsp3) is 0.114. The number of hydrogen-bond donors (Lipinski definition) is 2. The Bertz CT molecular complexity index is 2000. The lowest BCUT2D eigenvalue weighted by Gasteiger charge is -2.05. The number of hydrogen-bond acceptors (Lipinski definition) is 8. The van der Waals surface area contributed by atoms with Gasteiger partial charge in [-0.2, -0.15) is 0 Å². The Morgan fingerprint density at radius 2 is 1.59 bits per heavy atom. The quantitative estimate of drug-likeness (QED) is 0.245. The van der Waals surface area contributed by atoms with Crippen LogP contribution >= 0.6 is 0 Å². The van der Waals surface area contributed by atoms with Gasteiger partial charge in [-0.3, -0.25) is 14.8 Å². The number of ether oxygens (including phenoxy) is 2. The zero-order valence-electron chi connectivity index (χ0n) is 23.7. The minimum absolute atomic E-state index is 0.111. The number of nitrogens with two attached hydrogens (primary N) is 1. The summed E-state index contributed by atoms with van der Waals surface area (Å²) < 4.78 is 10.7. The molecule has 0 bridgehead atoms. The summed E-state index contributed by atoms with van der Waals surface area (Å²) in [5.41, 5.74) is 14.0. The highest BCUT2D eigenvalue weighted by atomic mass is 16.7. The Hall–Kier alpha value is -5.83. The van der Waals surface area contributed by atoms with Gasteiger partial charge in [-0.25, -0.2) is 9.97 Å². The molecule has 8 rings (SSSR count). The SMILES string of the molecule is Nc1cccc(-c2nc3ccccc3[nH]2)n1.O=C(Cc1ccc2c(c1)OCO2)Cc1cccc(C2=Nc3ccccc3C2)n1. The van der Waals surface area contributed by atoms with Gasteiger partial charge >= 0.3 is 0 Å². The summed E-state index contributed by atoms with van der Waals surface area (Å²) in [7, 11) is 0. The molecule has 0 unspecified atom stereocenters. The molecule has 0 saturated heterocycles. The lowest BCUT2D eigenvalue weighted by molar-refractivity contribution is -0.117. The first-order valence-electron chi connectivity index (χ1n) is 14.3. The molecule has 2 aliphatic rings. The van der Waals surface area contributed by atoms with Gasteiger partial charge in [-0.05, 0) is 65.7 Å². The van der Waals surface area contributed by atoms with Crippen LogP contribution in [0.15, 0.2) is 108 Å². The molecule has 3 aromatic carbocycles. The van der Waals surface area contributed by atoms with E-state index in [9.17, 15) is 4.79 Å². The monoisotopic (exact) mass is 580 g/mol. The van der Waals surface area contributed by atoms with Crippen molar-refractivity contribution in [2.45, 2.75) is 19.3 Å². The minimum atomic E-state index is 0.111. The van der Waals surface area contributed by atoms with Crippen molar-refractivity contribution in [3.63, 3.8) is 0 Å². The van der Waals surface area contributed by atoms with E-state index in [4.69, 9.17) is 15.2 Å². The Labute approximate surface area is 253 Å². The summed E-state index contributed by atoms with van der Waals surface area (Å²) in [5.74, 6) is 2.78. The number of Topliss-reactive ketones (excluding diaryl/α,β-unsaturated/α-hetero) is 1. The highest BCUT2D eigenvalue weighted by molar-refractivity contribution is 6.05. The molecule has 3 aromatic heterocycles. The number of aromatic amines is 1. The Kier molecular flexibility index (Phi) is 7.25. The molecule has 0 radical (unpaired) electrons. The van der Waals surface area contributed by atoms with Crippen LogP contribution in [0.4, 0.5) is 11.5 Å². The number of carbonyl (C=O) groups is 1. The van der Waals surface area contributed by atoms with Crippen LogP contribution in [0.25, 0.3) is 22.6 Å². The Morgan fingerprint density at radius 3 is 2.48 bits per heavy atom. The summed E-state index contributed by atoms with van der Waals surface area (Å²) in [6, 6.07) is 32.9. The number of imidazole rings is 1. The molecule has 0 atom stereocenters. The predicted molar refractivity (Wildman–Crippen MR) is 169 cm³/mol. The molecule has 0 saturated carbocycles. The van der Waals surface area contributed by atoms with E-state index < -0.39 is 0 Å². The predicted octanol–water partition coefficient (Wildman–Crippen LogP) is 6.05. The molecule has 3 N–H and O–H groups in total. The van der Waals surface area contributed by atoms with Gasteiger partial charge in [-0.15, -0.1) is 0 Å². The molecule has 2 aliphatic heterocycles. The van der Waals surface area contributed by atoms with Crippen LogP contribution in [0, 0.1) is 0 Å². The third-order valence-electron chi connectivity index (χ3n) is 7.33. The van der Waals surface area contributed by atoms with Crippen LogP contribution in [0.1, 0.15) is 22.5 Å². The average molecular weight is 581 g/mol. The number of ketones is 1. The summed E-state index contributed by atoms with van der Waals surface area (Å²) in [6.07, 6.45) is 1.41. The maximum atomic E-state index is 12.6. The van der Waals surface area contributed by atoms with Crippen LogP contribution in [-0.4, -0.2) is 38.2 Å². The normalized spacial score (nSPS) is 12.8. The third-order valence-corrected chi connectivity index (χ3v) is 7.33. The second-order valence-corrected chi connectivity index (χ2v) is 10.5. The van der Waals surface area contributed by atoms with Crippen LogP contribution < -0.4 is 15.2 Å². The number of aromatic nitrogens is 4. The number of aliphatic imine (C=N–C) groups is 1. The fourth-order valence-corrected chi connectivity index (χ4v) is 5.22. The van der Waals surface area contributed by atoms with Gasteiger partial charge in [0.05, 0.1) is 28.1 Å². The van der Waals surface area contributed by atoms with E-state index in [2.05, 4.69) is 31.0 Å². The van der Waals surface area contributed by atoms with Gasteiger partial charge in [0.25, 0.3) is 0 Å². The van der Waals surface area contributed by atoms with Crippen LogP contribution in [0.2, 0.25) is 0 Å². The van der Waals surface area contributed by atoms with Gasteiger partial charge in [0, 0.05) is 25.0 Å². The second kappa shape index (κ2) is 11.8. The lowest BCUT2D eigenvalue weighted by Crippen LogP contribution is -2.10. The van der Waals surface area contributed by atoms with E-state index >= 15 is 0 Å². The number of anilines is 1. The molecule has 0 fully saturated rings. The first-order valence-corrected chi connectivity index (χ1v) is 14.3. The van der Waals surface area contributed by atoms with Crippen molar-refractivity contribution in [2.24, 2.45) is 4.99 Å². The van der Waals surface area contributed by atoms with Crippen molar-refractivity contribution in [2.75, 3.05) is 12.5 Å². The molecular weight excluding hydrogens is 552 g/mol. The number of nitrogens with one attached hydrogen (secondary N) is 1. The first kappa shape index (κ1) is 27.0. The molecule has 44 heavy (non-hydrogen) atoms. The van der Waals surface area contributed by atoms with Crippen LogP contribution in [0.3, 0.4) is 0 Å². The largest absolute Gasteiger partial charge is 0.454 e. The minimum Gasteiger partial charge on any atom is -0.454 e. The molecule has 216 valence electrons. The van der Waals surface area contributed by atoms with Crippen molar-refractivity contribution in [1.29, 1.82) is 0 Å². The van der Waals surface area contributed by atoms with Gasteiger partial charge in [0.1, 0.15) is 17.3 Å². The molecule has 6 aromatic rings. The molecule has 9 nitrogen and oxygen atoms in total. The van der Waals surface area contributed by atoms with Crippen molar-refractivity contribution in [3.8, 4) is 23.0 Å². The maximum absolute atomic E-state index is 12.6. The van der Waals surface area contributed by atoms with Crippen LogP contribution in [-0.2, 0) is 24.1 Å². The summed E-state index contributed by atoms with van der Waals surface area (Å²) in [5, 5.41) is 0. The fourth-order valence-electron chi connectivity index (χ4n) is 5.22. The highest BCUT2D eigenvalue weighted by Crippen LogP contribution is 2.33. The lowest BCUT2D eigenvalue weighted by atomic mass is 10.0. The smallest absolute Gasteiger partial charge is 0.231 e. The van der Waals surface area contributed by atoms with Crippen molar-refractivity contribution in [1.82, 2.24) is 19.9 Å². The molecule has 0 amide bonds. The van der Waals surface area contributed by atoms with E-state index in [1.54, 1.807) is 6.07 Å². The first-order chi connectivity index (χ1) is 21.6. The third kappa shape index (κ3) is 5.89. The van der Waals surface area contributed by atoms with Gasteiger partial charge in [0.15, 0.2) is 17.3 Å². The second-order valence-electron chi connectivity index (χ2n) is 10.5. The van der Waals surface area contributed by atoms with E-state index in [0.29, 0.717) is 24.4 Å². The van der Waals surface area contributed by atoms with Gasteiger partial charge < -0.3 is 20.2 Å². The highest BCUT2D eigenvalue weighted by Gasteiger charge is 2.18. The number of H-pyrrole nitrogens is 1. The Morgan fingerprint density at radius 1 is 0.773 bits per heavy atom. The topological polar surface area (TPSA) is 128 Å². The van der Waals surface area contributed by atoms with E-state index in [-0.39, 0.29) is 12.6 Å². The zero-order chi connectivity index (χ0) is 29.9. The van der Waals surface area contributed by atoms with E-state index in [0.717, 1.165) is 63.1 Å². The number of fused-ring (bicyclic) bond motifs is 3. The van der Waals surface area contributed by atoms with Crippen molar-refractivity contribution in [3.05, 3.63) is 126 Å². The number of rotatable bonds is 6. The summed E-state index contributed by atoms with van der Waals surface area (Å²) in [4.78, 5) is 33.8. The average Bonchev–Trinajstić information content (AvgIpc) is 3.79. The zero-order valence-corrected chi connectivity index (χ0v) is 23.7. The number of para-hydroxylation sites is 3. The number of carbonyl (C=O) groups excluding carboxylic acids is 1. The molecule has 9 heteroatoms.